The number of aromatic nitrogens is 1. The van der Waals surface area contributed by atoms with Gasteiger partial charge in [-0.25, -0.2) is 4.79 Å². The first-order valence-corrected chi connectivity index (χ1v) is 6.43. The number of carbonyl (C=O) groups excluding carboxylic acids is 2. The number of nitriles is 1. The maximum atomic E-state index is 12.1. The highest BCUT2D eigenvalue weighted by Gasteiger charge is 2.23. The van der Waals surface area contributed by atoms with Crippen LogP contribution in [0, 0.1) is 24.2 Å². The average molecular weight is 277 g/mol. The number of hydrogen-bond acceptors (Lipinski definition) is 4. The van der Waals surface area contributed by atoms with Crippen LogP contribution in [0.1, 0.15) is 46.0 Å². The normalized spacial score (nSPS) is 11.6. The molecule has 6 heteroatoms. The molecule has 0 aromatic carbocycles. The Labute approximate surface area is 118 Å². The van der Waals surface area contributed by atoms with Crippen molar-refractivity contribution >= 4 is 11.9 Å². The molecule has 1 atom stereocenters. The smallest absolute Gasteiger partial charge is 0.339 e. The zero-order chi connectivity index (χ0) is 15.3. The van der Waals surface area contributed by atoms with Crippen LogP contribution in [0.3, 0.4) is 0 Å². The predicted molar refractivity (Wildman–Crippen MR) is 73.4 cm³/mol. The summed E-state index contributed by atoms with van der Waals surface area (Å²) in [4.78, 5) is 26.8. The number of aryl methyl sites for hydroxylation is 1. The number of nitrogens with zero attached hydrogens (tertiary/aromatic N) is 1. The maximum absolute atomic E-state index is 12.1. The van der Waals surface area contributed by atoms with Gasteiger partial charge in [-0.15, -0.1) is 0 Å². The van der Waals surface area contributed by atoms with Gasteiger partial charge in [0.05, 0.1) is 24.7 Å². The van der Waals surface area contributed by atoms with Crippen LogP contribution < -0.4 is 5.32 Å². The van der Waals surface area contributed by atoms with Crippen LogP contribution in [0.15, 0.2) is 0 Å². The van der Waals surface area contributed by atoms with Crippen molar-refractivity contribution in [1.29, 1.82) is 5.26 Å². The van der Waals surface area contributed by atoms with Gasteiger partial charge in [0.15, 0.2) is 0 Å². The summed E-state index contributed by atoms with van der Waals surface area (Å²) in [6.45, 7) is 5.57. The lowest BCUT2D eigenvalue weighted by Crippen LogP contribution is -2.28. The minimum atomic E-state index is -0.458. The second-order valence-electron chi connectivity index (χ2n) is 4.56. The minimum absolute atomic E-state index is 0.264. The highest BCUT2D eigenvalue weighted by molar-refractivity contribution is 6.00. The first kappa shape index (κ1) is 15.8. The van der Waals surface area contributed by atoms with Crippen molar-refractivity contribution in [3.05, 3.63) is 22.5 Å². The van der Waals surface area contributed by atoms with E-state index in [1.807, 2.05) is 13.0 Å². The number of H-pyrrole nitrogens is 1. The molecule has 1 heterocycles. The number of amides is 1. The van der Waals surface area contributed by atoms with Crippen LogP contribution in [0.25, 0.3) is 0 Å². The molecule has 108 valence electrons. The van der Waals surface area contributed by atoms with E-state index >= 15 is 0 Å². The van der Waals surface area contributed by atoms with Gasteiger partial charge in [-0.3, -0.25) is 4.79 Å². The number of aromatic amines is 1. The van der Waals surface area contributed by atoms with Crippen molar-refractivity contribution in [1.82, 2.24) is 10.3 Å². The third kappa shape index (κ3) is 3.18. The molecule has 0 saturated carbocycles. The highest BCUT2D eigenvalue weighted by atomic mass is 16.5. The number of ether oxygens (including phenoxy) is 1. The standard InChI is InChI=1S/C14H19N3O3/c1-5-10-11(14(19)20-4)9(3)12(17-10)13(18)16-7-8(2)6-15/h8,17H,5,7H2,1-4H3,(H,16,18). The third-order valence-corrected chi connectivity index (χ3v) is 3.09. The Balaban J connectivity index is 3.02. The number of nitrogens with one attached hydrogen (secondary N) is 2. The molecule has 1 rings (SSSR count). The lowest BCUT2D eigenvalue weighted by Gasteiger charge is -2.05. The number of methoxy groups -OCH3 is 1. The Hall–Kier alpha value is -2.29. The van der Waals surface area contributed by atoms with Crippen LogP contribution in [0.2, 0.25) is 0 Å². The van der Waals surface area contributed by atoms with E-state index in [1.54, 1.807) is 13.8 Å². The molecular weight excluding hydrogens is 258 g/mol. The van der Waals surface area contributed by atoms with E-state index in [0.29, 0.717) is 28.9 Å². The fourth-order valence-electron chi connectivity index (χ4n) is 1.91. The van der Waals surface area contributed by atoms with Crippen molar-refractivity contribution in [3.63, 3.8) is 0 Å². The van der Waals surface area contributed by atoms with Gasteiger partial charge >= 0.3 is 5.97 Å². The first-order chi connectivity index (χ1) is 9.46. The summed E-state index contributed by atoms with van der Waals surface area (Å²) >= 11 is 0. The van der Waals surface area contributed by atoms with Crippen LogP contribution in [0.5, 0.6) is 0 Å². The van der Waals surface area contributed by atoms with Gasteiger partial charge < -0.3 is 15.0 Å². The number of hydrogen-bond donors (Lipinski definition) is 2. The van der Waals surface area contributed by atoms with E-state index in [9.17, 15) is 9.59 Å². The Morgan fingerprint density at radius 3 is 2.65 bits per heavy atom. The van der Waals surface area contributed by atoms with Crippen LogP contribution in [-0.2, 0) is 11.2 Å². The quantitative estimate of drug-likeness (QED) is 0.798. The van der Waals surface area contributed by atoms with Gasteiger partial charge in [0.25, 0.3) is 5.91 Å². The summed E-state index contributed by atoms with van der Waals surface area (Å²) in [5.41, 5.74) is 1.99. The molecule has 1 aromatic heterocycles. The summed E-state index contributed by atoms with van der Waals surface area (Å²) in [7, 11) is 1.31. The Morgan fingerprint density at radius 1 is 1.50 bits per heavy atom. The lowest BCUT2D eigenvalue weighted by molar-refractivity contribution is 0.0599. The summed E-state index contributed by atoms with van der Waals surface area (Å²) in [6, 6.07) is 2.04. The molecule has 2 N–H and O–H groups in total. The second kappa shape index (κ2) is 6.75. The zero-order valence-corrected chi connectivity index (χ0v) is 12.2. The van der Waals surface area contributed by atoms with E-state index in [4.69, 9.17) is 10.00 Å². The van der Waals surface area contributed by atoms with Gasteiger partial charge in [0, 0.05) is 12.2 Å². The fourth-order valence-corrected chi connectivity index (χ4v) is 1.91. The molecule has 0 saturated heterocycles. The van der Waals surface area contributed by atoms with Crippen LogP contribution >= 0.6 is 0 Å². The molecular formula is C14H19N3O3. The number of rotatable bonds is 5. The third-order valence-electron chi connectivity index (χ3n) is 3.09. The molecule has 0 aliphatic carbocycles. The Bertz CT molecular complexity index is 555. The van der Waals surface area contributed by atoms with E-state index in [2.05, 4.69) is 10.3 Å². The van der Waals surface area contributed by atoms with Gasteiger partial charge in [0.1, 0.15) is 5.69 Å². The first-order valence-electron chi connectivity index (χ1n) is 6.43. The summed E-state index contributed by atoms with van der Waals surface area (Å²) in [5.74, 6) is -1.05. The Kier molecular flexibility index (Phi) is 5.32. The van der Waals surface area contributed by atoms with Gasteiger partial charge in [-0.05, 0) is 25.8 Å². The van der Waals surface area contributed by atoms with Crippen molar-refractivity contribution in [2.45, 2.75) is 27.2 Å². The molecule has 1 unspecified atom stereocenters. The SMILES string of the molecule is CCc1[nH]c(C(=O)NCC(C)C#N)c(C)c1C(=O)OC. The molecule has 0 radical (unpaired) electrons. The van der Waals surface area contributed by atoms with E-state index in [1.165, 1.54) is 7.11 Å². The van der Waals surface area contributed by atoms with Crippen LogP contribution in [0.4, 0.5) is 0 Å². The van der Waals surface area contributed by atoms with Crippen molar-refractivity contribution < 1.29 is 14.3 Å². The second-order valence-corrected chi connectivity index (χ2v) is 4.56. The molecule has 1 amide bonds. The summed E-state index contributed by atoms with van der Waals surface area (Å²) < 4.78 is 4.73. The van der Waals surface area contributed by atoms with Gasteiger partial charge in [-0.2, -0.15) is 5.26 Å². The van der Waals surface area contributed by atoms with Crippen LogP contribution in [-0.4, -0.2) is 30.5 Å². The lowest BCUT2D eigenvalue weighted by atomic mass is 10.1. The van der Waals surface area contributed by atoms with Crippen molar-refractivity contribution in [2.24, 2.45) is 5.92 Å². The van der Waals surface area contributed by atoms with Crippen molar-refractivity contribution in [2.75, 3.05) is 13.7 Å². The minimum Gasteiger partial charge on any atom is -0.465 e. The molecule has 6 nitrogen and oxygen atoms in total. The highest BCUT2D eigenvalue weighted by Crippen LogP contribution is 2.20. The number of carbonyl (C=O) groups is 2. The van der Waals surface area contributed by atoms with Crippen molar-refractivity contribution in [3.8, 4) is 6.07 Å². The molecule has 0 fully saturated rings. The summed E-state index contributed by atoms with van der Waals surface area (Å²) in [5, 5.41) is 11.4. The topological polar surface area (TPSA) is 95.0 Å². The molecule has 0 aliphatic rings. The fraction of sp³-hybridized carbons (Fsp3) is 0.500. The largest absolute Gasteiger partial charge is 0.465 e. The Morgan fingerprint density at radius 2 is 2.15 bits per heavy atom. The molecule has 0 spiro atoms. The van der Waals surface area contributed by atoms with E-state index in [-0.39, 0.29) is 18.4 Å². The summed E-state index contributed by atoms with van der Waals surface area (Å²) in [6.07, 6.45) is 0.590. The molecule has 0 bridgehead atoms. The molecule has 1 aromatic rings. The monoisotopic (exact) mass is 277 g/mol. The molecule has 0 aliphatic heterocycles. The zero-order valence-electron chi connectivity index (χ0n) is 12.2. The molecule has 20 heavy (non-hydrogen) atoms. The average Bonchev–Trinajstić information content (AvgIpc) is 2.80. The van der Waals surface area contributed by atoms with E-state index < -0.39 is 5.97 Å². The van der Waals surface area contributed by atoms with Gasteiger partial charge in [0.2, 0.25) is 0 Å². The number of esters is 1. The van der Waals surface area contributed by atoms with Gasteiger partial charge in [-0.1, -0.05) is 6.92 Å². The maximum Gasteiger partial charge on any atom is 0.339 e. The van der Waals surface area contributed by atoms with E-state index in [0.717, 1.165) is 0 Å². The predicted octanol–water partition coefficient (Wildman–Crippen LogP) is 1.56.